The molecule has 0 aromatic carbocycles. The van der Waals surface area contributed by atoms with E-state index in [9.17, 15) is 4.79 Å². The predicted molar refractivity (Wildman–Crippen MR) is 70.7 cm³/mol. The Labute approximate surface area is 113 Å². The summed E-state index contributed by atoms with van der Waals surface area (Å²) in [5.41, 5.74) is 0. The summed E-state index contributed by atoms with van der Waals surface area (Å²) >= 11 is 0. The van der Waals surface area contributed by atoms with Crippen LogP contribution in [-0.4, -0.2) is 35.7 Å². The van der Waals surface area contributed by atoms with Crippen LogP contribution in [0.2, 0.25) is 0 Å². The monoisotopic (exact) mass is 266 g/mol. The molecule has 106 valence electrons. The van der Waals surface area contributed by atoms with Gasteiger partial charge in [-0.05, 0) is 39.7 Å². The number of carbonyl (C=O) groups is 1. The van der Waals surface area contributed by atoms with Crippen molar-refractivity contribution in [1.29, 1.82) is 0 Å². The average molecular weight is 266 g/mol. The van der Waals surface area contributed by atoms with Gasteiger partial charge in [-0.2, -0.15) is 4.98 Å². The zero-order valence-electron chi connectivity index (χ0n) is 11.6. The van der Waals surface area contributed by atoms with E-state index in [2.05, 4.69) is 20.8 Å². The third-order valence-electron chi connectivity index (χ3n) is 3.59. The van der Waals surface area contributed by atoms with Gasteiger partial charge in [-0.25, -0.2) is 0 Å². The van der Waals surface area contributed by atoms with Gasteiger partial charge in [-0.3, -0.25) is 4.79 Å². The van der Waals surface area contributed by atoms with Crippen molar-refractivity contribution in [2.24, 2.45) is 0 Å². The van der Waals surface area contributed by atoms with Crippen LogP contribution in [0.1, 0.15) is 49.7 Å². The van der Waals surface area contributed by atoms with Gasteiger partial charge in [-0.15, -0.1) is 0 Å². The zero-order chi connectivity index (χ0) is 13.7. The highest BCUT2D eigenvalue weighted by Crippen LogP contribution is 2.31. The number of nitrogens with one attached hydrogen (secondary N) is 2. The molecule has 0 spiro atoms. The van der Waals surface area contributed by atoms with Crippen molar-refractivity contribution in [1.82, 2.24) is 20.8 Å². The standard InChI is InChI=1S/C13H22N4O2/c1-9-15-13(19-17-9)10-3-5-11(6-4-10)16-12(18)7-8-14-2/h10-11,14H,3-8H2,1-2H3,(H,16,18). The Kier molecular flexibility index (Phi) is 4.90. The lowest BCUT2D eigenvalue weighted by molar-refractivity contribution is -0.121. The fourth-order valence-electron chi connectivity index (χ4n) is 2.50. The summed E-state index contributed by atoms with van der Waals surface area (Å²) < 4.78 is 5.22. The normalized spacial score (nSPS) is 23.3. The molecule has 1 amide bonds. The highest BCUT2D eigenvalue weighted by molar-refractivity contribution is 5.76. The summed E-state index contributed by atoms with van der Waals surface area (Å²) in [4.78, 5) is 15.9. The minimum absolute atomic E-state index is 0.131. The maximum atomic E-state index is 11.6. The van der Waals surface area contributed by atoms with Crippen LogP contribution in [0.5, 0.6) is 0 Å². The predicted octanol–water partition coefficient (Wildman–Crippen LogP) is 1.13. The van der Waals surface area contributed by atoms with Crippen molar-refractivity contribution in [3.8, 4) is 0 Å². The molecule has 19 heavy (non-hydrogen) atoms. The Balaban J connectivity index is 1.74. The molecule has 6 heteroatoms. The van der Waals surface area contributed by atoms with Gasteiger partial charge in [0.15, 0.2) is 5.82 Å². The number of amides is 1. The molecule has 2 rings (SSSR count). The van der Waals surface area contributed by atoms with Crippen molar-refractivity contribution >= 4 is 5.91 Å². The maximum absolute atomic E-state index is 11.6. The van der Waals surface area contributed by atoms with E-state index < -0.39 is 0 Å². The van der Waals surface area contributed by atoms with E-state index >= 15 is 0 Å². The molecule has 1 aliphatic rings. The Morgan fingerprint density at radius 2 is 2.11 bits per heavy atom. The Morgan fingerprint density at radius 1 is 1.37 bits per heavy atom. The molecule has 1 aromatic heterocycles. The summed E-state index contributed by atoms with van der Waals surface area (Å²) in [6.07, 6.45) is 4.51. The Morgan fingerprint density at radius 3 is 2.68 bits per heavy atom. The van der Waals surface area contributed by atoms with Crippen LogP contribution in [0.15, 0.2) is 4.52 Å². The molecule has 1 aromatic rings. The number of hydrogen-bond acceptors (Lipinski definition) is 5. The van der Waals surface area contributed by atoms with Gasteiger partial charge in [0.2, 0.25) is 11.8 Å². The Bertz CT molecular complexity index is 411. The number of hydrogen-bond donors (Lipinski definition) is 2. The summed E-state index contributed by atoms with van der Waals surface area (Å²) in [6, 6.07) is 0.296. The van der Waals surface area contributed by atoms with E-state index in [0.29, 0.717) is 24.2 Å². The van der Waals surface area contributed by atoms with Crippen LogP contribution < -0.4 is 10.6 Å². The third-order valence-corrected chi connectivity index (χ3v) is 3.59. The van der Waals surface area contributed by atoms with Crippen molar-refractivity contribution in [2.45, 2.75) is 51.0 Å². The lowest BCUT2D eigenvalue weighted by Gasteiger charge is -2.27. The number of aryl methyl sites for hydroxylation is 1. The highest BCUT2D eigenvalue weighted by atomic mass is 16.5. The average Bonchev–Trinajstić information content (AvgIpc) is 2.84. The molecular formula is C13H22N4O2. The lowest BCUT2D eigenvalue weighted by Crippen LogP contribution is -2.38. The molecular weight excluding hydrogens is 244 g/mol. The summed E-state index contributed by atoms with van der Waals surface area (Å²) in [6.45, 7) is 2.56. The first-order chi connectivity index (χ1) is 9.19. The molecule has 1 fully saturated rings. The quantitative estimate of drug-likeness (QED) is 0.835. The molecule has 0 aliphatic heterocycles. The number of nitrogens with zero attached hydrogens (tertiary/aromatic N) is 2. The molecule has 0 saturated heterocycles. The van der Waals surface area contributed by atoms with Crippen molar-refractivity contribution in [3.63, 3.8) is 0 Å². The van der Waals surface area contributed by atoms with E-state index in [1.165, 1.54) is 0 Å². The second-order valence-corrected chi connectivity index (χ2v) is 5.15. The lowest BCUT2D eigenvalue weighted by atomic mass is 9.86. The van der Waals surface area contributed by atoms with Gasteiger partial charge in [0.05, 0.1) is 0 Å². The van der Waals surface area contributed by atoms with Gasteiger partial charge in [0.25, 0.3) is 0 Å². The van der Waals surface area contributed by atoms with Gasteiger partial charge >= 0.3 is 0 Å². The number of rotatable bonds is 5. The maximum Gasteiger partial charge on any atom is 0.229 e. The molecule has 0 bridgehead atoms. The van der Waals surface area contributed by atoms with Gasteiger partial charge in [0, 0.05) is 24.9 Å². The topological polar surface area (TPSA) is 80.0 Å². The van der Waals surface area contributed by atoms with Gasteiger partial charge in [-0.1, -0.05) is 5.16 Å². The summed E-state index contributed by atoms with van der Waals surface area (Å²) in [7, 11) is 1.85. The first-order valence-corrected chi connectivity index (χ1v) is 6.93. The minimum Gasteiger partial charge on any atom is -0.353 e. The van der Waals surface area contributed by atoms with E-state index in [-0.39, 0.29) is 5.91 Å². The fraction of sp³-hybridized carbons (Fsp3) is 0.769. The molecule has 6 nitrogen and oxygen atoms in total. The van der Waals surface area contributed by atoms with Crippen LogP contribution in [0.4, 0.5) is 0 Å². The largest absolute Gasteiger partial charge is 0.353 e. The van der Waals surface area contributed by atoms with Crippen LogP contribution in [-0.2, 0) is 4.79 Å². The fourth-order valence-corrected chi connectivity index (χ4v) is 2.50. The second-order valence-electron chi connectivity index (χ2n) is 5.15. The van der Waals surface area contributed by atoms with Crippen LogP contribution in [0.3, 0.4) is 0 Å². The summed E-state index contributed by atoms with van der Waals surface area (Å²) in [5.74, 6) is 1.92. The molecule has 1 heterocycles. The van der Waals surface area contributed by atoms with Crippen molar-refractivity contribution in [2.75, 3.05) is 13.6 Å². The van der Waals surface area contributed by atoms with Crippen LogP contribution in [0.25, 0.3) is 0 Å². The molecule has 0 unspecified atom stereocenters. The minimum atomic E-state index is 0.131. The summed E-state index contributed by atoms with van der Waals surface area (Å²) in [5, 5.41) is 9.89. The SMILES string of the molecule is CNCCC(=O)NC1CCC(c2nc(C)no2)CC1. The van der Waals surface area contributed by atoms with Gasteiger partial charge < -0.3 is 15.2 Å². The third kappa shape index (κ3) is 4.02. The number of carbonyl (C=O) groups excluding carboxylic acids is 1. The smallest absolute Gasteiger partial charge is 0.229 e. The van der Waals surface area contributed by atoms with E-state index in [1.54, 1.807) is 0 Å². The van der Waals surface area contributed by atoms with E-state index in [1.807, 2.05) is 14.0 Å². The van der Waals surface area contributed by atoms with Crippen molar-refractivity contribution in [3.05, 3.63) is 11.7 Å². The number of aromatic nitrogens is 2. The molecule has 1 saturated carbocycles. The zero-order valence-corrected chi connectivity index (χ0v) is 11.6. The van der Waals surface area contributed by atoms with Crippen molar-refractivity contribution < 1.29 is 9.32 Å². The Hall–Kier alpha value is -1.43. The van der Waals surface area contributed by atoms with Gasteiger partial charge in [0.1, 0.15) is 0 Å². The highest BCUT2D eigenvalue weighted by Gasteiger charge is 2.26. The first kappa shape index (κ1) is 14.0. The first-order valence-electron chi connectivity index (χ1n) is 6.93. The molecule has 0 radical (unpaired) electrons. The van der Waals surface area contributed by atoms with Crippen LogP contribution in [0, 0.1) is 6.92 Å². The van der Waals surface area contributed by atoms with Crippen LogP contribution >= 0.6 is 0 Å². The van der Waals surface area contributed by atoms with E-state index in [4.69, 9.17) is 4.52 Å². The second kappa shape index (κ2) is 6.65. The molecule has 0 atom stereocenters. The van der Waals surface area contributed by atoms with E-state index in [0.717, 1.165) is 38.1 Å². The molecule has 2 N–H and O–H groups in total. The molecule has 1 aliphatic carbocycles.